The third kappa shape index (κ3) is 4.45. The molecule has 138 valence electrons. The van der Waals surface area contributed by atoms with Gasteiger partial charge < -0.3 is 10.2 Å². The van der Waals surface area contributed by atoms with Crippen LogP contribution in [0, 0.1) is 32.4 Å². The molecule has 0 aliphatic rings. The summed E-state index contributed by atoms with van der Waals surface area (Å²) in [5.74, 6) is -2.45. The lowest BCUT2D eigenvalue weighted by Crippen LogP contribution is -2.33. The van der Waals surface area contributed by atoms with E-state index in [9.17, 15) is 18.4 Å². The average molecular weight is 360 g/mol. The van der Waals surface area contributed by atoms with Gasteiger partial charge in [-0.15, -0.1) is 0 Å². The van der Waals surface area contributed by atoms with E-state index in [-0.39, 0.29) is 18.9 Å². The molecule has 2 aromatic rings. The Morgan fingerprint density at radius 3 is 2.08 bits per heavy atom. The Bertz CT molecular complexity index is 806. The maximum Gasteiger partial charge on any atom is 0.226 e. The molecule has 0 bridgehead atoms. The number of amides is 2. The standard InChI is InChI=1S/C20H22F2N2O2/c1-12-10-13(2)20(14(3)11-12)24(15(4)25)9-8-18(26)23-19-16(21)6-5-7-17(19)22/h5-7,10-11H,8-9H2,1-4H3,(H,23,26). The van der Waals surface area contributed by atoms with Crippen LogP contribution in [0.1, 0.15) is 30.0 Å². The number of aryl methyl sites for hydroxylation is 3. The SMILES string of the molecule is CC(=O)N(CCC(=O)Nc1c(F)cccc1F)c1c(C)cc(C)cc1C. The van der Waals surface area contributed by atoms with Crippen molar-refractivity contribution in [3.8, 4) is 0 Å². The molecule has 4 nitrogen and oxygen atoms in total. The summed E-state index contributed by atoms with van der Waals surface area (Å²) < 4.78 is 27.3. The molecule has 0 fully saturated rings. The molecule has 0 heterocycles. The molecule has 0 aliphatic carbocycles. The molecule has 2 amide bonds. The van der Waals surface area contributed by atoms with E-state index in [1.807, 2.05) is 32.9 Å². The summed E-state index contributed by atoms with van der Waals surface area (Å²) >= 11 is 0. The van der Waals surface area contributed by atoms with E-state index in [0.29, 0.717) is 0 Å². The first-order valence-electron chi connectivity index (χ1n) is 8.30. The lowest BCUT2D eigenvalue weighted by molar-refractivity contribution is -0.117. The normalized spacial score (nSPS) is 10.5. The molecule has 26 heavy (non-hydrogen) atoms. The highest BCUT2D eigenvalue weighted by Gasteiger charge is 2.19. The Hall–Kier alpha value is -2.76. The number of carbonyl (C=O) groups excluding carboxylic acids is 2. The van der Waals surface area contributed by atoms with Crippen molar-refractivity contribution in [3.05, 3.63) is 58.7 Å². The predicted octanol–water partition coefficient (Wildman–Crippen LogP) is 4.27. The topological polar surface area (TPSA) is 49.4 Å². The molecule has 0 spiro atoms. The van der Waals surface area contributed by atoms with Crippen molar-refractivity contribution in [2.45, 2.75) is 34.1 Å². The van der Waals surface area contributed by atoms with E-state index in [0.717, 1.165) is 34.5 Å². The van der Waals surface area contributed by atoms with Crippen molar-refractivity contribution in [3.63, 3.8) is 0 Å². The van der Waals surface area contributed by atoms with Crippen LogP contribution in [0.4, 0.5) is 20.2 Å². The van der Waals surface area contributed by atoms with Crippen LogP contribution in [-0.4, -0.2) is 18.4 Å². The highest BCUT2D eigenvalue weighted by Crippen LogP contribution is 2.27. The van der Waals surface area contributed by atoms with E-state index in [4.69, 9.17) is 0 Å². The first-order chi connectivity index (χ1) is 12.2. The fourth-order valence-corrected chi connectivity index (χ4v) is 3.06. The van der Waals surface area contributed by atoms with Crippen molar-refractivity contribution in [1.29, 1.82) is 0 Å². The first-order valence-corrected chi connectivity index (χ1v) is 8.30. The monoisotopic (exact) mass is 360 g/mol. The molecular weight excluding hydrogens is 338 g/mol. The number of rotatable bonds is 5. The quantitative estimate of drug-likeness (QED) is 0.866. The van der Waals surface area contributed by atoms with Crippen molar-refractivity contribution in [1.82, 2.24) is 0 Å². The summed E-state index contributed by atoms with van der Waals surface area (Å²) in [6.07, 6.45) is -0.0832. The van der Waals surface area contributed by atoms with Gasteiger partial charge in [0, 0.05) is 25.6 Å². The smallest absolute Gasteiger partial charge is 0.226 e. The zero-order chi connectivity index (χ0) is 19.4. The Kier molecular flexibility index (Phi) is 6.08. The maximum atomic E-state index is 13.6. The predicted molar refractivity (Wildman–Crippen MR) is 98.3 cm³/mol. The molecule has 2 aromatic carbocycles. The van der Waals surface area contributed by atoms with Crippen LogP contribution in [-0.2, 0) is 9.59 Å². The summed E-state index contributed by atoms with van der Waals surface area (Å²) in [6, 6.07) is 7.29. The fraction of sp³-hybridized carbons (Fsp3) is 0.300. The van der Waals surface area contributed by atoms with Crippen LogP contribution < -0.4 is 10.2 Å². The molecule has 0 saturated carbocycles. The molecule has 0 saturated heterocycles. The maximum absolute atomic E-state index is 13.6. The number of hydrogen-bond donors (Lipinski definition) is 1. The Morgan fingerprint density at radius 1 is 1.04 bits per heavy atom. The Morgan fingerprint density at radius 2 is 1.58 bits per heavy atom. The van der Waals surface area contributed by atoms with Gasteiger partial charge >= 0.3 is 0 Å². The van der Waals surface area contributed by atoms with Gasteiger partial charge in [-0.25, -0.2) is 8.78 Å². The molecule has 0 aromatic heterocycles. The van der Waals surface area contributed by atoms with Gasteiger partial charge in [-0.3, -0.25) is 9.59 Å². The lowest BCUT2D eigenvalue weighted by atomic mass is 10.0. The fourth-order valence-electron chi connectivity index (χ4n) is 3.06. The largest absolute Gasteiger partial charge is 0.321 e. The van der Waals surface area contributed by atoms with Gasteiger partial charge in [0.05, 0.1) is 0 Å². The van der Waals surface area contributed by atoms with E-state index < -0.39 is 23.2 Å². The number of benzene rings is 2. The molecular formula is C20H22F2N2O2. The zero-order valence-corrected chi connectivity index (χ0v) is 15.3. The van der Waals surface area contributed by atoms with Crippen molar-refractivity contribution in [2.24, 2.45) is 0 Å². The molecule has 0 radical (unpaired) electrons. The van der Waals surface area contributed by atoms with Crippen molar-refractivity contribution in [2.75, 3.05) is 16.8 Å². The molecule has 6 heteroatoms. The van der Waals surface area contributed by atoms with E-state index in [1.165, 1.54) is 17.9 Å². The van der Waals surface area contributed by atoms with Crippen molar-refractivity contribution >= 4 is 23.2 Å². The summed E-state index contributed by atoms with van der Waals surface area (Å²) in [4.78, 5) is 25.7. The summed E-state index contributed by atoms with van der Waals surface area (Å²) in [5.41, 5.74) is 3.22. The van der Waals surface area contributed by atoms with E-state index in [1.54, 1.807) is 0 Å². The number of anilines is 2. The number of halogens is 2. The number of carbonyl (C=O) groups is 2. The molecule has 0 unspecified atom stereocenters. The summed E-state index contributed by atoms with van der Waals surface area (Å²) in [6.45, 7) is 7.31. The van der Waals surface area contributed by atoms with Gasteiger partial charge in [-0.1, -0.05) is 23.8 Å². The number of nitrogens with zero attached hydrogens (tertiary/aromatic N) is 1. The van der Waals surface area contributed by atoms with Crippen LogP contribution in [0.15, 0.2) is 30.3 Å². The highest BCUT2D eigenvalue weighted by molar-refractivity contribution is 5.96. The van der Waals surface area contributed by atoms with Crippen molar-refractivity contribution < 1.29 is 18.4 Å². The zero-order valence-electron chi connectivity index (χ0n) is 15.3. The van der Waals surface area contributed by atoms with Crippen LogP contribution in [0.3, 0.4) is 0 Å². The van der Waals surface area contributed by atoms with E-state index in [2.05, 4.69) is 5.32 Å². The molecule has 0 aliphatic heterocycles. The second-order valence-electron chi connectivity index (χ2n) is 6.31. The van der Waals surface area contributed by atoms with Gasteiger partial charge in [0.15, 0.2) is 0 Å². The molecule has 0 atom stereocenters. The minimum absolute atomic E-state index is 0.0832. The first kappa shape index (κ1) is 19.6. The number of nitrogens with one attached hydrogen (secondary N) is 1. The molecule has 1 N–H and O–H groups in total. The second-order valence-corrected chi connectivity index (χ2v) is 6.31. The average Bonchev–Trinajstić information content (AvgIpc) is 2.53. The Labute approximate surface area is 151 Å². The second kappa shape index (κ2) is 8.08. The molecule has 2 rings (SSSR count). The van der Waals surface area contributed by atoms with Crippen LogP contribution in [0.5, 0.6) is 0 Å². The van der Waals surface area contributed by atoms with Gasteiger partial charge in [0.1, 0.15) is 17.3 Å². The van der Waals surface area contributed by atoms with E-state index >= 15 is 0 Å². The van der Waals surface area contributed by atoms with Crippen LogP contribution >= 0.6 is 0 Å². The highest BCUT2D eigenvalue weighted by atomic mass is 19.1. The number of hydrogen-bond acceptors (Lipinski definition) is 2. The summed E-state index contributed by atoms with van der Waals surface area (Å²) in [5, 5.41) is 2.24. The number of para-hydroxylation sites is 1. The Balaban J connectivity index is 2.15. The summed E-state index contributed by atoms with van der Waals surface area (Å²) in [7, 11) is 0. The van der Waals surface area contributed by atoms with Crippen LogP contribution in [0.2, 0.25) is 0 Å². The van der Waals surface area contributed by atoms with Gasteiger partial charge in [-0.2, -0.15) is 0 Å². The van der Waals surface area contributed by atoms with Crippen LogP contribution in [0.25, 0.3) is 0 Å². The third-order valence-electron chi connectivity index (χ3n) is 4.08. The van der Waals surface area contributed by atoms with Gasteiger partial charge in [-0.05, 0) is 44.0 Å². The van der Waals surface area contributed by atoms with Gasteiger partial charge in [0.25, 0.3) is 0 Å². The van der Waals surface area contributed by atoms with Gasteiger partial charge in [0.2, 0.25) is 11.8 Å². The third-order valence-corrected chi connectivity index (χ3v) is 4.08. The minimum atomic E-state index is -0.841. The minimum Gasteiger partial charge on any atom is -0.321 e. The lowest BCUT2D eigenvalue weighted by Gasteiger charge is -2.25.